The van der Waals surface area contributed by atoms with E-state index in [1.54, 1.807) is 0 Å². The maximum Gasteiger partial charge on any atom is 0.226 e. The Hall–Kier alpha value is -5.97. The monoisotopic (exact) mass is 797 g/mol. The summed E-state index contributed by atoms with van der Waals surface area (Å²) in [7, 11) is 1.00. The van der Waals surface area contributed by atoms with Crippen LogP contribution in [0.2, 0.25) is 0 Å². The third kappa shape index (κ3) is 12.8. The molecule has 1 aromatic heterocycles. The van der Waals surface area contributed by atoms with Crippen LogP contribution in [0, 0.1) is 6.92 Å². The van der Waals surface area contributed by atoms with Crippen molar-refractivity contribution < 1.29 is 28.6 Å². The van der Waals surface area contributed by atoms with Gasteiger partial charge in [-0.3, -0.25) is 9.59 Å². The summed E-state index contributed by atoms with van der Waals surface area (Å²) >= 11 is 1.51. The number of aryl methyl sites for hydroxylation is 2. The molecule has 0 aliphatic carbocycles. The maximum atomic E-state index is 13.5. The highest BCUT2D eigenvalue weighted by Crippen LogP contribution is 2.31. The van der Waals surface area contributed by atoms with E-state index in [0.29, 0.717) is 61.5 Å². The number of benzene rings is 5. The van der Waals surface area contributed by atoms with E-state index in [-0.39, 0.29) is 17.7 Å². The van der Waals surface area contributed by atoms with Crippen molar-refractivity contribution in [2.24, 2.45) is 0 Å². The Morgan fingerprint density at radius 1 is 0.828 bits per heavy atom. The van der Waals surface area contributed by atoms with Crippen molar-refractivity contribution in [2.75, 3.05) is 25.6 Å². The molecule has 9 nitrogen and oxygen atoms in total. The van der Waals surface area contributed by atoms with E-state index >= 15 is 0 Å². The third-order valence-electron chi connectivity index (χ3n) is 9.27. The second kappa shape index (κ2) is 21.5. The predicted octanol–water partition coefficient (Wildman–Crippen LogP) is 8.95. The summed E-state index contributed by atoms with van der Waals surface area (Å²) in [6, 6.07) is 42.3. The van der Waals surface area contributed by atoms with Crippen molar-refractivity contribution in [1.29, 1.82) is 0 Å². The quantitative estimate of drug-likeness (QED) is 0.0418. The van der Waals surface area contributed by atoms with E-state index in [0.717, 1.165) is 52.2 Å². The highest BCUT2D eigenvalue weighted by molar-refractivity contribution is 8.01. The molecule has 0 aliphatic rings. The first-order chi connectivity index (χ1) is 28.2. The minimum atomic E-state index is -0.497. The van der Waals surface area contributed by atoms with Gasteiger partial charge in [0.25, 0.3) is 0 Å². The van der Waals surface area contributed by atoms with Crippen molar-refractivity contribution in [1.82, 2.24) is 10.3 Å². The van der Waals surface area contributed by atoms with Gasteiger partial charge in [0.2, 0.25) is 11.8 Å². The van der Waals surface area contributed by atoms with Crippen molar-refractivity contribution in [2.45, 2.75) is 62.1 Å². The molecule has 58 heavy (non-hydrogen) atoms. The summed E-state index contributed by atoms with van der Waals surface area (Å²) in [5.41, 5.74) is 5.78. The number of oxazole rings is 1. The molecule has 1 atom stereocenters. The first kappa shape index (κ1) is 43.2. The maximum absolute atomic E-state index is 13.5. The van der Waals surface area contributed by atoms with Crippen molar-refractivity contribution in [3.63, 3.8) is 0 Å². The fourth-order valence-electron chi connectivity index (χ4n) is 6.22. The van der Waals surface area contributed by atoms with Crippen LogP contribution in [0.4, 0.5) is 5.69 Å². The zero-order chi connectivity index (χ0) is 41.3. The van der Waals surface area contributed by atoms with E-state index in [2.05, 4.69) is 15.6 Å². The van der Waals surface area contributed by atoms with Gasteiger partial charge >= 0.3 is 0 Å². The number of nitrogens with zero attached hydrogens (tertiary/aromatic N) is 1. The third-order valence-corrected chi connectivity index (χ3v) is 10.4. The number of amides is 1. The van der Waals surface area contributed by atoms with Gasteiger partial charge in [0.1, 0.15) is 17.8 Å². The summed E-state index contributed by atoms with van der Waals surface area (Å²) in [6.45, 7) is 6.50. The van der Waals surface area contributed by atoms with Gasteiger partial charge in [0, 0.05) is 59.8 Å². The average Bonchev–Trinajstić information content (AvgIpc) is 3.64. The molecule has 1 unspecified atom stereocenters. The largest absolute Gasteiger partial charge is 0.493 e. The summed E-state index contributed by atoms with van der Waals surface area (Å²) in [5.74, 6) is 2.00. The predicted molar refractivity (Wildman–Crippen MR) is 232 cm³/mol. The van der Waals surface area contributed by atoms with Crippen LogP contribution in [0.25, 0.3) is 11.5 Å². The fourth-order valence-corrected chi connectivity index (χ4v) is 7.15. The second-order valence-corrected chi connectivity index (χ2v) is 15.9. The van der Waals surface area contributed by atoms with Crippen molar-refractivity contribution in [3.8, 4) is 17.2 Å². The molecule has 0 aliphatic heterocycles. The van der Waals surface area contributed by atoms with Crippen molar-refractivity contribution >= 4 is 35.4 Å². The molecule has 0 radical (unpaired) electrons. The highest BCUT2D eigenvalue weighted by atomic mass is 32.2. The number of carbonyl (C=O) groups excluding carboxylic acids is 3. The van der Waals surface area contributed by atoms with Gasteiger partial charge in [-0.05, 0) is 93.3 Å². The molecule has 1 heterocycles. The number of aliphatic hydroxyl groups excluding tert-OH is 1. The Kier molecular flexibility index (Phi) is 16.0. The molecular weight excluding hydrogens is 747 g/mol. The molecule has 3 N–H and O–H groups in total. The first-order valence-electron chi connectivity index (χ1n) is 19.3. The molecule has 0 saturated heterocycles. The SMILES string of the molecule is CO.Cc1oc(-c2ccccc2)nc1CCOc1ccc(CC(CNC(=O)CCc2ccc(SC(C)(C)C=O)cc2)Nc2ccccc2C(=O)c2ccccc2)cc1. The molecule has 5 aromatic carbocycles. The Bertz CT molecular complexity index is 2200. The smallest absolute Gasteiger partial charge is 0.226 e. The van der Waals surface area contributed by atoms with E-state index < -0.39 is 4.75 Å². The lowest BCUT2D eigenvalue weighted by molar-refractivity contribution is -0.121. The lowest BCUT2D eigenvalue weighted by atomic mass is 10.00. The molecule has 0 fully saturated rings. The molecule has 6 rings (SSSR count). The number of hydrogen-bond donors (Lipinski definition) is 3. The molecule has 10 heteroatoms. The number of rotatable bonds is 19. The minimum Gasteiger partial charge on any atom is -0.493 e. The number of carbonyl (C=O) groups is 3. The lowest BCUT2D eigenvalue weighted by Gasteiger charge is -2.22. The first-order valence-corrected chi connectivity index (χ1v) is 20.1. The van der Waals surface area contributed by atoms with E-state index in [1.165, 1.54) is 11.8 Å². The number of aliphatic hydroxyl groups is 1. The molecule has 0 spiro atoms. The normalized spacial score (nSPS) is 11.5. The highest BCUT2D eigenvalue weighted by Gasteiger charge is 2.20. The zero-order valence-electron chi connectivity index (χ0n) is 33.4. The molecule has 300 valence electrons. The lowest BCUT2D eigenvalue weighted by Crippen LogP contribution is -2.38. The van der Waals surface area contributed by atoms with Crippen LogP contribution in [0.5, 0.6) is 5.75 Å². The zero-order valence-corrected chi connectivity index (χ0v) is 34.3. The molecular formula is C48H51N3O6S. The van der Waals surface area contributed by atoms with Crippen LogP contribution in [0.15, 0.2) is 143 Å². The summed E-state index contributed by atoms with van der Waals surface area (Å²) in [4.78, 5) is 43.7. The van der Waals surface area contributed by atoms with Crippen LogP contribution in [0.1, 0.15) is 58.8 Å². The Morgan fingerprint density at radius 3 is 2.16 bits per heavy atom. The van der Waals surface area contributed by atoms with E-state index in [4.69, 9.17) is 14.3 Å². The number of aromatic nitrogens is 1. The standard InChI is InChI=1S/C47H47N3O5S.CH4O/c1-33-42(50-46(55-33)37-14-8-5-9-15-37)28-29-54-39-23-18-35(19-24-39)30-38(49-43-17-11-10-16-41(43)45(53)36-12-6-4-7-13-36)31-48-44(52)27-22-34-20-25-40(26-21-34)56-47(2,3)32-51;1-2/h4-21,23-26,32,38,49H,22,27-31H2,1-3H3,(H,48,52);2H,1H3. The van der Waals surface area contributed by atoms with Crippen LogP contribution in [0.3, 0.4) is 0 Å². The topological polar surface area (TPSA) is 131 Å². The van der Waals surface area contributed by atoms with Crippen molar-refractivity contribution in [3.05, 3.63) is 167 Å². The number of anilines is 1. The van der Waals surface area contributed by atoms with Crippen LogP contribution < -0.4 is 15.4 Å². The molecule has 1 amide bonds. The second-order valence-electron chi connectivity index (χ2n) is 14.2. The number of para-hydroxylation sites is 1. The van der Waals surface area contributed by atoms with E-state index in [1.807, 2.05) is 154 Å². The van der Waals surface area contributed by atoms with Gasteiger partial charge in [0.15, 0.2) is 5.78 Å². The van der Waals surface area contributed by atoms with Crippen LogP contribution >= 0.6 is 11.8 Å². The van der Waals surface area contributed by atoms with Gasteiger partial charge in [0.05, 0.1) is 17.0 Å². The minimum absolute atomic E-state index is 0.0621. The Balaban J connectivity index is 0.00000315. The number of thioether (sulfide) groups is 1. The van der Waals surface area contributed by atoms with E-state index in [9.17, 15) is 14.4 Å². The molecule has 0 saturated carbocycles. The molecule has 0 bridgehead atoms. The summed E-state index contributed by atoms with van der Waals surface area (Å²) < 4.78 is 11.5. The van der Waals surface area contributed by atoms with Crippen LogP contribution in [-0.2, 0) is 28.9 Å². The Morgan fingerprint density at radius 2 is 1.47 bits per heavy atom. The molecule has 6 aromatic rings. The number of ketones is 1. The van der Waals surface area contributed by atoms with Gasteiger partial charge in [-0.15, -0.1) is 11.8 Å². The Labute approximate surface area is 345 Å². The number of ether oxygens (including phenoxy) is 1. The van der Waals surface area contributed by atoms with Gasteiger partial charge < -0.3 is 29.7 Å². The van der Waals surface area contributed by atoms with Gasteiger partial charge in [-0.1, -0.05) is 84.9 Å². The fraction of sp³-hybridized carbons (Fsp3) is 0.250. The summed E-state index contributed by atoms with van der Waals surface area (Å²) in [5, 5.41) is 13.7. The van der Waals surface area contributed by atoms with Crippen LogP contribution in [-0.4, -0.2) is 59.1 Å². The summed E-state index contributed by atoms with van der Waals surface area (Å²) in [6.07, 6.45) is 3.07. The number of aldehydes is 1. The average molecular weight is 798 g/mol. The number of hydrogen-bond acceptors (Lipinski definition) is 9. The van der Waals surface area contributed by atoms with Gasteiger partial charge in [-0.25, -0.2) is 4.98 Å². The van der Waals surface area contributed by atoms with Gasteiger partial charge in [-0.2, -0.15) is 0 Å². The number of nitrogens with one attached hydrogen (secondary N) is 2.